The molecule has 2 saturated heterocycles. The Morgan fingerprint density at radius 3 is 2.75 bits per heavy atom. The summed E-state index contributed by atoms with van der Waals surface area (Å²) in [4.78, 5) is 13.3. The van der Waals surface area contributed by atoms with Crippen molar-refractivity contribution >= 4 is 15.7 Å². The highest BCUT2D eigenvalue weighted by Gasteiger charge is 2.39. The maximum Gasteiger partial charge on any atom is 0.234 e. The van der Waals surface area contributed by atoms with Crippen LogP contribution in [0.4, 0.5) is 0 Å². The zero-order valence-electron chi connectivity index (χ0n) is 9.05. The SMILES string of the molecule is NC1CS(=O)(=O)CC1N1CCCNC(=O)C1. The van der Waals surface area contributed by atoms with Gasteiger partial charge in [0, 0.05) is 25.2 Å². The highest BCUT2D eigenvalue weighted by Crippen LogP contribution is 2.17. The van der Waals surface area contributed by atoms with Crippen LogP contribution in [-0.4, -0.2) is 62.4 Å². The number of nitrogens with two attached hydrogens (primary N) is 1. The van der Waals surface area contributed by atoms with E-state index in [4.69, 9.17) is 5.73 Å². The fourth-order valence-corrected chi connectivity index (χ4v) is 4.27. The van der Waals surface area contributed by atoms with Crippen molar-refractivity contribution in [1.82, 2.24) is 10.2 Å². The van der Waals surface area contributed by atoms with Crippen LogP contribution in [0.25, 0.3) is 0 Å². The molecular formula is C9H17N3O3S. The first-order chi connectivity index (χ1) is 7.48. The van der Waals surface area contributed by atoms with Crippen LogP contribution in [0.2, 0.25) is 0 Å². The number of amides is 1. The van der Waals surface area contributed by atoms with Crippen molar-refractivity contribution in [3.05, 3.63) is 0 Å². The van der Waals surface area contributed by atoms with Gasteiger partial charge in [-0.3, -0.25) is 9.69 Å². The zero-order valence-corrected chi connectivity index (χ0v) is 9.87. The fraction of sp³-hybridized carbons (Fsp3) is 0.889. The first kappa shape index (κ1) is 11.8. The number of hydrogen-bond donors (Lipinski definition) is 2. The Morgan fingerprint density at radius 2 is 2.12 bits per heavy atom. The van der Waals surface area contributed by atoms with Gasteiger partial charge in [0.15, 0.2) is 9.84 Å². The van der Waals surface area contributed by atoms with Crippen LogP contribution in [-0.2, 0) is 14.6 Å². The molecule has 6 nitrogen and oxygen atoms in total. The minimum absolute atomic E-state index is 0.0375. The number of carbonyl (C=O) groups is 1. The Balaban J connectivity index is 2.09. The molecule has 2 unspecified atom stereocenters. The number of hydrogen-bond acceptors (Lipinski definition) is 5. The van der Waals surface area contributed by atoms with Crippen LogP contribution in [0.1, 0.15) is 6.42 Å². The minimum atomic E-state index is -3.02. The Labute approximate surface area is 95.1 Å². The third-order valence-corrected chi connectivity index (χ3v) is 4.87. The van der Waals surface area contributed by atoms with E-state index in [1.807, 2.05) is 4.90 Å². The van der Waals surface area contributed by atoms with Gasteiger partial charge in [-0.05, 0) is 6.42 Å². The van der Waals surface area contributed by atoms with Crippen molar-refractivity contribution in [2.24, 2.45) is 5.73 Å². The van der Waals surface area contributed by atoms with E-state index in [9.17, 15) is 13.2 Å². The van der Waals surface area contributed by atoms with Gasteiger partial charge in [-0.1, -0.05) is 0 Å². The molecule has 1 amide bonds. The first-order valence-corrected chi connectivity index (χ1v) is 7.27. The molecule has 3 N–H and O–H groups in total. The van der Waals surface area contributed by atoms with Gasteiger partial charge in [0.1, 0.15) is 0 Å². The zero-order chi connectivity index (χ0) is 11.8. The Bertz CT molecular complexity index is 381. The quantitative estimate of drug-likeness (QED) is 0.555. The van der Waals surface area contributed by atoms with Crippen molar-refractivity contribution in [3.63, 3.8) is 0 Å². The highest BCUT2D eigenvalue weighted by molar-refractivity contribution is 7.91. The summed E-state index contributed by atoms with van der Waals surface area (Å²) in [5.74, 6) is 0.0750. The molecule has 0 radical (unpaired) electrons. The summed E-state index contributed by atoms with van der Waals surface area (Å²) in [7, 11) is -3.02. The maximum atomic E-state index is 11.5. The average molecular weight is 247 g/mol. The Kier molecular flexibility index (Phi) is 3.18. The topological polar surface area (TPSA) is 92.5 Å². The van der Waals surface area contributed by atoms with Crippen molar-refractivity contribution in [1.29, 1.82) is 0 Å². The number of rotatable bonds is 1. The molecule has 0 aromatic heterocycles. The van der Waals surface area contributed by atoms with Gasteiger partial charge < -0.3 is 11.1 Å². The fourth-order valence-electron chi connectivity index (χ4n) is 2.34. The van der Waals surface area contributed by atoms with E-state index in [2.05, 4.69) is 5.32 Å². The molecule has 0 aromatic rings. The lowest BCUT2D eigenvalue weighted by atomic mass is 10.1. The van der Waals surface area contributed by atoms with Crippen LogP contribution in [0.5, 0.6) is 0 Å². The molecule has 16 heavy (non-hydrogen) atoms. The lowest BCUT2D eigenvalue weighted by Crippen LogP contribution is -2.49. The summed E-state index contributed by atoms with van der Waals surface area (Å²) in [6.07, 6.45) is 0.842. The van der Waals surface area contributed by atoms with Crippen LogP contribution in [0.3, 0.4) is 0 Å². The molecule has 2 aliphatic heterocycles. The molecule has 2 atom stereocenters. The molecule has 2 fully saturated rings. The van der Waals surface area contributed by atoms with Crippen molar-refractivity contribution in [2.75, 3.05) is 31.1 Å². The van der Waals surface area contributed by atoms with Crippen LogP contribution < -0.4 is 11.1 Å². The minimum Gasteiger partial charge on any atom is -0.355 e. The van der Waals surface area contributed by atoms with E-state index < -0.39 is 9.84 Å². The largest absolute Gasteiger partial charge is 0.355 e. The summed E-state index contributed by atoms with van der Waals surface area (Å²) >= 11 is 0. The normalized spacial score (nSPS) is 35.7. The van der Waals surface area contributed by atoms with Crippen molar-refractivity contribution < 1.29 is 13.2 Å². The molecule has 0 saturated carbocycles. The Morgan fingerprint density at radius 1 is 1.38 bits per heavy atom. The summed E-state index contributed by atoms with van der Waals surface area (Å²) in [5, 5.41) is 2.76. The molecule has 2 aliphatic rings. The standard InChI is InChI=1S/C9H17N3O3S/c10-7-5-16(14,15)6-8(7)12-3-1-2-11-9(13)4-12/h7-8H,1-6,10H2,(H,11,13). The van der Waals surface area contributed by atoms with E-state index in [0.717, 1.165) is 13.0 Å². The van der Waals surface area contributed by atoms with Crippen LogP contribution in [0.15, 0.2) is 0 Å². The molecule has 2 heterocycles. The summed E-state index contributed by atoms with van der Waals surface area (Å²) in [5.41, 5.74) is 5.83. The number of nitrogens with zero attached hydrogens (tertiary/aromatic N) is 1. The maximum absolute atomic E-state index is 11.5. The van der Waals surface area contributed by atoms with E-state index in [-0.39, 0.29) is 36.0 Å². The van der Waals surface area contributed by atoms with Gasteiger partial charge in [-0.25, -0.2) is 8.42 Å². The van der Waals surface area contributed by atoms with Gasteiger partial charge in [-0.2, -0.15) is 0 Å². The molecule has 7 heteroatoms. The van der Waals surface area contributed by atoms with Gasteiger partial charge in [-0.15, -0.1) is 0 Å². The van der Waals surface area contributed by atoms with Crippen LogP contribution >= 0.6 is 0 Å². The summed E-state index contributed by atoms with van der Waals surface area (Å²) in [6.45, 7) is 1.64. The number of carbonyl (C=O) groups excluding carboxylic acids is 1. The second-order valence-electron chi connectivity index (χ2n) is 4.48. The average Bonchev–Trinajstić information content (AvgIpc) is 2.37. The molecule has 92 valence electrons. The van der Waals surface area contributed by atoms with E-state index in [0.29, 0.717) is 6.54 Å². The van der Waals surface area contributed by atoms with E-state index >= 15 is 0 Å². The second kappa shape index (κ2) is 4.31. The van der Waals surface area contributed by atoms with Gasteiger partial charge in [0.25, 0.3) is 0 Å². The monoisotopic (exact) mass is 247 g/mol. The predicted octanol–water partition coefficient (Wildman–Crippen LogP) is -2.07. The number of nitrogens with one attached hydrogen (secondary N) is 1. The third kappa shape index (κ3) is 2.53. The molecular weight excluding hydrogens is 230 g/mol. The molecule has 0 bridgehead atoms. The third-order valence-electron chi connectivity index (χ3n) is 3.13. The highest BCUT2D eigenvalue weighted by atomic mass is 32.2. The number of sulfone groups is 1. The van der Waals surface area contributed by atoms with E-state index in [1.54, 1.807) is 0 Å². The molecule has 0 aromatic carbocycles. The van der Waals surface area contributed by atoms with Gasteiger partial charge in [0.05, 0.1) is 18.1 Å². The van der Waals surface area contributed by atoms with Crippen molar-refractivity contribution in [3.8, 4) is 0 Å². The predicted molar refractivity (Wildman–Crippen MR) is 59.6 cm³/mol. The Hall–Kier alpha value is -0.660. The summed E-state index contributed by atoms with van der Waals surface area (Å²) < 4.78 is 22.9. The second-order valence-corrected chi connectivity index (χ2v) is 6.64. The molecule has 2 rings (SSSR count). The van der Waals surface area contributed by atoms with E-state index in [1.165, 1.54) is 0 Å². The molecule has 0 spiro atoms. The molecule has 0 aliphatic carbocycles. The van der Waals surface area contributed by atoms with Crippen LogP contribution in [0, 0.1) is 0 Å². The van der Waals surface area contributed by atoms with Gasteiger partial charge in [0.2, 0.25) is 5.91 Å². The first-order valence-electron chi connectivity index (χ1n) is 5.45. The summed E-state index contributed by atoms with van der Waals surface area (Å²) in [6, 6.07) is -0.565. The lowest BCUT2D eigenvalue weighted by Gasteiger charge is -2.27. The smallest absolute Gasteiger partial charge is 0.234 e. The van der Waals surface area contributed by atoms with Gasteiger partial charge >= 0.3 is 0 Å². The van der Waals surface area contributed by atoms with Crippen molar-refractivity contribution in [2.45, 2.75) is 18.5 Å². The lowest BCUT2D eigenvalue weighted by molar-refractivity contribution is -0.121.